The van der Waals surface area contributed by atoms with Crippen LogP contribution in [0.1, 0.15) is 69.1 Å². The fourth-order valence-electron chi connectivity index (χ4n) is 5.20. The van der Waals surface area contributed by atoms with Crippen LogP contribution < -0.4 is 10.6 Å². The van der Waals surface area contributed by atoms with Gasteiger partial charge in [0.2, 0.25) is 5.91 Å². The summed E-state index contributed by atoms with van der Waals surface area (Å²) in [5.41, 5.74) is 0.466. The van der Waals surface area contributed by atoms with Gasteiger partial charge in [-0.3, -0.25) is 9.59 Å². The number of amides is 2. The predicted molar refractivity (Wildman–Crippen MR) is 141 cm³/mol. The van der Waals surface area contributed by atoms with Gasteiger partial charge in [0.15, 0.2) is 5.69 Å². The Hall–Kier alpha value is -2.49. The second-order valence-corrected chi connectivity index (χ2v) is 11.8. The summed E-state index contributed by atoms with van der Waals surface area (Å²) in [6.07, 6.45) is 3.44. The summed E-state index contributed by atoms with van der Waals surface area (Å²) in [6.45, 7) is 7.48. The van der Waals surface area contributed by atoms with E-state index in [1.54, 1.807) is 0 Å². The molecule has 37 heavy (non-hydrogen) atoms. The van der Waals surface area contributed by atoms with E-state index >= 15 is 0 Å². The molecule has 1 saturated carbocycles. The number of imidazole rings is 1. The van der Waals surface area contributed by atoms with Crippen molar-refractivity contribution in [3.8, 4) is 11.4 Å². The minimum atomic E-state index is -0.860. The molecule has 202 valence electrons. The van der Waals surface area contributed by atoms with Gasteiger partial charge >= 0.3 is 0 Å². The highest BCUT2D eigenvalue weighted by molar-refractivity contribution is 6.30. The molecule has 1 unspecified atom stereocenters. The second-order valence-electron chi connectivity index (χ2n) is 11.3. The molecule has 0 saturated heterocycles. The lowest BCUT2D eigenvalue weighted by molar-refractivity contribution is -0.127. The van der Waals surface area contributed by atoms with Crippen molar-refractivity contribution in [2.24, 2.45) is 5.41 Å². The van der Waals surface area contributed by atoms with Crippen LogP contribution in [0.2, 0.25) is 5.02 Å². The SMILES string of the molecule is CN1CCCn2c(-c3cc(Cl)ccc3F)nc(C(=O)N[C@H](C(=O)NC3CCCC[C@H]3O)C(C)(C)C)c2C1. The number of rotatable bonds is 5. The van der Waals surface area contributed by atoms with Crippen molar-refractivity contribution >= 4 is 23.4 Å². The summed E-state index contributed by atoms with van der Waals surface area (Å²) < 4.78 is 16.7. The van der Waals surface area contributed by atoms with Crippen molar-refractivity contribution in [2.45, 2.75) is 84.2 Å². The summed E-state index contributed by atoms with van der Waals surface area (Å²) >= 11 is 6.17. The molecule has 1 aliphatic heterocycles. The molecule has 1 aromatic heterocycles. The highest BCUT2D eigenvalue weighted by Crippen LogP contribution is 2.30. The largest absolute Gasteiger partial charge is 0.391 e. The Balaban J connectivity index is 1.67. The number of aromatic nitrogens is 2. The van der Waals surface area contributed by atoms with Gasteiger partial charge in [-0.15, -0.1) is 0 Å². The highest BCUT2D eigenvalue weighted by Gasteiger charge is 2.37. The van der Waals surface area contributed by atoms with E-state index in [1.807, 2.05) is 32.4 Å². The number of carbonyl (C=O) groups is 2. The maximum Gasteiger partial charge on any atom is 0.272 e. The minimum absolute atomic E-state index is 0.169. The zero-order valence-electron chi connectivity index (χ0n) is 22.0. The summed E-state index contributed by atoms with van der Waals surface area (Å²) in [5.74, 6) is -0.959. The van der Waals surface area contributed by atoms with E-state index in [0.717, 1.165) is 25.8 Å². The van der Waals surface area contributed by atoms with Crippen LogP contribution in [0.15, 0.2) is 18.2 Å². The zero-order valence-corrected chi connectivity index (χ0v) is 22.7. The molecule has 10 heteroatoms. The maximum atomic E-state index is 14.8. The first kappa shape index (κ1) is 27.5. The van der Waals surface area contributed by atoms with Gasteiger partial charge in [-0.1, -0.05) is 45.2 Å². The fourth-order valence-corrected chi connectivity index (χ4v) is 5.37. The van der Waals surface area contributed by atoms with Crippen molar-refractivity contribution in [1.82, 2.24) is 25.1 Å². The predicted octanol–water partition coefficient (Wildman–Crippen LogP) is 3.74. The van der Waals surface area contributed by atoms with Gasteiger partial charge in [-0.05, 0) is 56.5 Å². The summed E-state index contributed by atoms with van der Waals surface area (Å²) in [7, 11) is 1.96. The van der Waals surface area contributed by atoms with Crippen LogP contribution in [0.4, 0.5) is 4.39 Å². The van der Waals surface area contributed by atoms with Gasteiger partial charge in [-0.2, -0.15) is 0 Å². The van der Waals surface area contributed by atoms with E-state index in [0.29, 0.717) is 42.5 Å². The topological polar surface area (TPSA) is 99.5 Å². The van der Waals surface area contributed by atoms with Gasteiger partial charge in [0.1, 0.15) is 17.7 Å². The van der Waals surface area contributed by atoms with Crippen molar-refractivity contribution in [3.63, 3.8) is 0 Å². The first-order chi connectivity index (χ1) is 17.5. The lowest BCUT2D eigenvalue weighted by atomic mass is 9.85. The number of aliphatic hydroxyl groups is 1. The third kappa shape index (κ3) is 6.16. The van der Waals surface area contributed by atoms with E-state index in [2.05, 4.69) is 20.5 Å². The third-order valence-electron chi connectivity index (χ3n) is 7.26. The molecule has 2 aliphatic rings. The molecule has 2 aromatic rings. The monoisotopic (exact) mass is 533 g/mol. The van der Waals surface area contributed by atoms with Crippen molar-refractivity contribution in [3.05, 3.63) is 40.4 Å². The summed E-state index contributed by atoms with van der Waals surface area (Å²) in [5, 5.41) is 16.6. The minimum Gasteiger partial charge on any atom is -0.391 e. The molecule has 4 rings (SSSR count). The number of fused-ring (bicyclic) bond motifs is 1. The molecule has 8 nitrogen and oxygen atoms in total. The van der Waals surface area contributed by atoms with Crippen LogP contribution in [0.25, 0.3) is 11.4 Å². The molecular weight excluding hydrogens is 497 g/mol. The Morgan fingerprint density at radius 2 is 1.92 bits per heavy atom. The number of nitrogens with zero attached hydrogens (tertiary/aromatic N) is 3. The van der Waals surface area contributed by atoms with Gasteiger partial charge < -0.3 is 25.2 Å². The number of hydrogen-bond donors (Lipinski definition) is 3. The van der Waals surface area contributed by atoms with Gasteiger partial charge in [0, 0.05) is 18.1 Å². The standard InChI is InChI=1S/C27H37ClFN5O3/c1-27(2,3)23(26(37)30-19-8-5-6-9-21(19)35)32-25(36)22-20-15-33(4)12-7-13-34(20)24(31-22)17-14-16(28)10-11-18(17)29/h10-11,14,19,21,23,35H,5-9,12-13,15H2,1-4H3,(H,30,37)(H,32,36)/t19?,21-,23-/m1/s1. The Labute approximate surface area is 222 Å². The number of nitrogens with one attached hydrogen (secondary N) is 2. The lowest BCUT2D eigenvalue weighted by Gasteiger charge is -2.34. The molecule has 1 fully saturated rings. The molecule has 1 aromatic carbocycles. The molecule has 0 bridgehead atoms. The second kappa shape index (κ2) is 11.1. The molecule has 2 heterocycles. The van der Waals surface area contributed by atoms with E-state index in [1.165, 1.54) is 18.2 Å². The molecule has 1 aliphatic carbocycles. The van der Waals surface area contributed by atoms with E-state index in [4.69, 9.17) is 11.6 Å². The lowest BCUT2D eigenvalue weighted by Crippen LogP contribution is -2.57. The number of aliphatic hydroxyl groups excluding tert-OH is 1. The first-order valence-electron chi connectivity index (χ1n) is 13.0. The van der Waals surface area contributed by atoms with Crippen molar-refractivity contribution in [1.29, 1.82) is 0 Å². The fraction of sp³-hybridized carbons (Fsp3) is 0.593. The Morgan fingerprint density at radius 1 is 1.19 bits per heavy atom. The first-order valence-corrected chi connectivity index (χ1v) is 13.4. The summed E-state index contributed by atoms with van der Waals surface area (Å²) in [4.78, 5) is 33.7. The third-order valence-corrected chi connectivity index (χ3v) is 7.49. The molecular formula is C27H37ClFN5O3. The number of halogens is 2. The quantitative estimate of drug-likeness (QED) is 0.544. The number of carbonyl (C=O) groups excluding carboxylic acids is 2. The molecule has 2 amide bonds. The van der Waals surface area contributed by atoms with Crippen molar-refractivity contribution < 1.29 is 19.1 Å². The van der Waals surface area contributed by atoms with Crippen LogP contribution in [-0.4, -0.2) is 63.2 Å². The number of benzene rings is 1. The van der Waals surface area contributed by atoms with E-state index in [9.17, 15) is 19.1 Å². The van der Waals surface area contributed by atoms with Crippen LogP contribution in [0.3, 0.4) is 0 Å². The van der Waals surface area contributed by atoms with Crippen LogP contribution >= 0.6 is 11.6 Å². The number of hydrogen-bond acceptors (Lipinski definition) is 5. The van der Waals surface area contributed by atoms with Gasteiger partial charge in [0.25, 0.3) is 5.91 Å². The average molecular weight is 534 g/mol. The van der Waals surface area contributed by atoms with Crippen LogP contribution in [0, 0.1) is 11.2 Å². The zero-order chi connectivity index (χ0) is 26.9. The smallest absolute Gasteiger partial charge is 0.272 e. The van der Waals surface area contributed by atoms with Gasteiger partial charge in [-0.25, -0.2) is 9.37 Å². The van der Waals surface area contributed by atoms with E-state index in [-0.39, 0.29) is 23.2 Å². The molecule has 0 radical (unpaired) electrons. The summed E-state index contributed by atoms with van der Waals surface area (Å²) in [6, 6.07) is 3.09. The average Bonchev–Trinajstić information content (AvgIpc) is 3.05. The van der Waals surface area contributed by atoms with E-state index < -0.39 is 29.3 Å². The Bertz CT molecular complexity index is 1160. The highest BCUT2D eigenvalue weighted by atomic mass is 35.5. The Morgan fingerprint density at radius 3 is 2.62 bits per heavy atom. The van der Waals surface area contributed by atoms with Crippen molar-refractivity contribution in [2.75, 3.05) is 13.6 Å². The normalized spacial score (nSPS) is 21.6. The maximum absolute atomic E-state index is 14.8. The molecule has 3 atom stereocenters. The molecule has 3 N–H and O–H groups in total. The van der Waals surface area contributed by atoms with Crippen LogP contribution in [0.5, 0.6) is 0 Å². The Kier molecular flexibility index (Phi) is 8.26. The molecule has 0 spiro atoms. The van der Waals surface area contributed by atoms with Gasteiger partial charge in [0.05, 0.1) is 23.4 Å². The van der Waals surface area contributed by atoms with Crippen LogP contribution in [-0.2, 0) is 17.9 Å².